The van der Waals surface area contributed by atoms with Crippen molar-refractivity contribution in [1.29, 1.82) is 0 Å². The Morgan fingerprint density at radius 3 is 3.00 bits per heavy atom. The first-order valence-corrected chi connectivity index (χ1v) is 3.69. The Labute approximate surface area is 79.4 Å². The van der Waals surface area contributed by atoms with Crippen molar-refractivity contribution in [2.75, 3.05) is 6.54 Å². The summed E-state index contributed by atoms with van der Waals surface area (Å²) in [5, 5.41) is 10.8. The summed E-state index contributed by atoms with van der Waals surface area (Å²) in [4.78, 5) is 2.55. The molecule has 0 aliphatic rings. The van der Waals surface area contributed by atoms with Crippen molar-refractivity contribution in [2.45, 2.75) is 0 Å². The van der Waals surface area contributed by atoms with Crippen LogP contribution in [0.5, 0.6) is 0 Å². The Hall–Kier alpha value is -1.76. The summed E-state index contributed by atoms with van der Waals surface area (Å²) >= 11 is 5.51. The van der Waals surface area contributed by atoms with Gasteiger partial charge in [-0.2, -0.15) is 0 Å². The standard InChI is InChI=1S/C7H4ClN5/c8-7-4-3-6(11-12-7)2-1-5-10-13-9/h3-4H,5H2. The molecule has 1 aromatic heterocycles. The highest BCUT2D eigenvalue weighted by molar-refractivity contribution is 6.29. The van der Waals surface area contributed by atoms with Crippen molar-refractivity contribution >= 4 is 11.6 Å². The number of rotatable bonds is 1. The molecule has 0 bridgehead atoms. The van der Waals surface area contributed by atoms with Gasteiger partial charge in [-0.1, -0.05) is 22.6 Å². The van der Waals surface area contributed by atoms with E-state index in [2.05, 4.69) is 32.1 Å². The third kappa shape index (κ3) is 3.43. The zero-order valence-corrected chi connectivity index (χ0v) is 7.23. The topological polar surface area (TPSA) is 74.5 Å². The molecule has 0 amide bonds. The Morgan fingerprint density at radius 2 is 2.38 bits per heavy atom. The second kappa shape index (κ2) is 4.99. The van der Waals surface area contributed by atoms with Crippen LogP contribution in [0.15, 0.2) is 17.2 Å². The summed E-state index contributed by atoms with van der Waals surface area (Å²) in [5.74, 6) is 5.27. The van der Waals surface area contributed by atoms with Crippen LogP contribution in [0.2, 0.25) is 5.15 Å². The molecule has 0 saturated heterocycles. The predicted molar refractivity (Wildman–Crippen MR) is 47.9 cm³/mol. The van der Waals surface area contributed by atoms with E-state index in [9.17, 15) is 0 Å². The molecule has 0 saturated carbocycles. The van der Waals surface area contributed by atoms with E-state index in [0.29, 0.717) is 10.8 Å². The minimum Gasteiger partial charge on any atom is -0.140 e. The molecule has 1 heterocycles. The molecular weight excluding hydrogens is 190 g/mol. The molecule has 1 aromatic rings. The zero-order chi connectivity index (χ0) is 9.52. The Morgan fingerprint density at radius 1 is 1.54 bits per heavy atom. The second-order valence-electron chi connectivity index (χ2n) is 1.93. The SMILES string of the molecule is [N-]=[N+]=NCC#Cc1ccc(Cl)nn1. The fraction of sp³-hybridized carbons (Fsp3) is 0.143. The van der Waals surface area contributed by atoms with E-state index in [-0.39, 0.29) is 6.54 Å². The summed E-state index contributed by atoms with van der Waals surface area (Å²) in [5.41, 5.74) is 8.44. The van der Waals surface area contributed by atoms with Crippen LogP contribution in [-0.4, -0.2) is 16.7 Å². The van der Waals surface area contributed by atoms with E-state index in [1.807, 2.05) is 0 Å². The second-order valence-corrected chi connectivity index (χ2v) is 2.32. The first-order valence-electron chi connectivity index (χ1n) is 3.32. The van der Waals surface area contributed by atoms with Gasteiger partial charge in [0.25, 0.3) is 0 Å². The minimum atomic E-state index is 0.126. The van der Waals surface area contributed by atoms with Crippen LogP contribution in [0.1, 0.15) is 5.69 Å². The van der Waals surface area contributed by atoms with Crippen LogP contribution in [0.25, 0.3) is 10.4 Å². The Kier molecular flexibility index (Phi) is 3.58. The molecule has 0 radical (unpaired) electrons. The molecule has 0 unspecified atom stereocenters. The smallest absolute Gasteiger partial charge is 0.140 e. The first-order chi connectivity index (χ1) is 6.33. The van der Waals surface area contributed by atoms with Gasteiger partial charge in [0.2, 0.25) is 0 Å². The molecule has 0 aromatic carbocycles. The number of azide groups is 1. The fourth-order valence-electron chi connectivity index (χ4n) is 0.580. The quantitative estimate of drug-likeness (QED) is 0.295. The number of aromatic nitrogens is 2. The highest BCUT2D eigenvalue weighted by Gasteiger charge is 1.89. The molecule has 13 heavy (non-hydrogen) atoms. The van der Waals surface area contributed by atoms with Crippen LogP contribution in [0, 0.1) is 11.8 Å². The lowest BCUT2D eigenvalue weighted by atomic mass is 10.4. The maximum absolute atomic E-state index is 7.94. The van der Waals surface area contributed by atoms with E-state index in [0.717, 1.165) is 0 Å². The lowest BCUT2D eigenvalue weighted by Crippen LogP contribution is -1.86. The number of hydrogen-bond donors (Lipinski definition) is 0. The van der Waals surface area contributed by atoms with Crippen LogP contribution in [-0.2, 0) is 0 Å². The third-order valence-electron chi connectivity index (χ3n) is 1.06. The van der Waals surface area contributed by atoms with Gasteiger partial charge >= 0.3 is 0 Å². The molecule has 0 atom stereocenters. The van der Waals surface area contributed by atoms with Gasteiger partial charge in [-0.3, -0.25) is 0 Å². The molecule has 0 fully saturated rings. The summed E-state index contributed by atoms with van der Waals surface area (Å²) in [6.07, 6.45) is 0. The van der Waals surface area contributed by atoms with Crippen LogP contribution < -0.4 is 0 Å². The summed E-state index contributed by atoms with van der Waals surface area (Å²) < 4.78 is 0. The summed E-state index contributed by atoms with van der Waals surface area (Å²) in [6.45, 7) is 0.126. The van der Waals surface area contributed by atoms with Crippen molar-refractivity contribution in [1.82, 2.24) is 10.2 Å². The number of halogens is 1. The van der Waals surface area contributed by atoms with E-state index in [1.165, 1.54) is 0 Å². The predicted octanol–water partition coefficient (Wildman–Crippen LogP) is 1.79. The van der Waals surface area contributed by atoms with Gasteiger partial charge in [0.05, 0.1) is 6.54 Å². The van der Waals surface area contributed by atoms with Crippen molar-refractivity contribution in [3.63, 3.8) is 0 Å². The molecule has 64 valence electrons. The average Bonchev–Trinajstić information content (AvgIpc) is 2.15. The van der Waals surface area contributed by atoms with Gasteiger partial charge in [0.1, 0.15) is 5.69 Å². The largest absolute Gasteiger partial charge is 0.151 e. The lowest BCUT2D eigenvalue weighted by Gasteiger charge is -1.86. The normalized spacial score (nSPS) is 8.08. The maximum Gasteiger partial charge on any atom is 0.151 e. The third-order valence-corrected chi connectivity index (χ3v) is 1.26. The van der Waals surface area contributed by atoms with Crippen LogP contribution in [0.3, 0.4) is 0 Å². The van der Waals surface area contributed by atoms with Crippen molar-refractivity contribution in [2.24, 2.45) is 5.11 Å². The molecule has 6 heteroatoms. The lowest BCUT2D eigenvalue weighted by molar-refractivity contribution is 1.01. The minimum absolute atomic E-state index is 0.126. The molecule has 0 spiro atoms. The van der Waals surface area contributed by atoms with Crippen molar-refractivity contribution in [3.05, 3.63) is 33.4 Å². The van der Waals surface area contributed by atoms with E-state index >= 15 is 0 Å². The maximum atomic E-state index is 7.94. The monoisotopic (exact) mass is 193 g/mol. The van der Waals surface area contributed by atoms with Gasteiger partial charge < -0.3 is 0 Å². The number of nitrogens with zero attached hydrogens (tertiary/aromatic N) is 5. The van der Waals surface area contributed by atoms with E-state index in [4.69, 9.17) is 17.1 Å². The van der Waals surface area contributed by atoms with Crippen LogP contribution in [0.4, 0.5) is 0 Å². The Bertz CT molecular complexity index is 382. The summed E-state index contributed by atoms with van der Waals surface area (Å²) in [6, 6.07) is 3.23. The molecule has 5 nitrogen and oxygen atoms in total. The van der Waals surface area contributed by atoms with Gasteiger partial charge in [-0.05, 0) is 23.6 Å². The highest BCUT2D eigenvalue weighted by atomic mass is 35.5. The highest BCUT2D eigenvalue weighted by Crippen LogP contribution is 2.00. The van der Waals surface area contributed by atoms with Gasteiger partial charge in [0.15, 0.2) is 5.15 Å². The van der Waals surface area contributed by atoms with E-state index < -0.39 is 0 Å². The van der Waals surface area contributed by atoms with E-state index in [1.54, 1.807) is 12.1 Å². The van der Waals surface area contributed by atoms with Crippen LogP contribution >= 0.6 is 11.6 Å². The molecule has 0 N–H and O–H groups in total. The average molecular weight is 194 g/mol. The van der Waals surface area contributed by atoms with Gasteiger partial charge in [-0.25, -0.2) is 0 Å². The summed E-state index contributed by atoms with van der Waals surface area (Å²) in [7, 11) is 0. The Balaban J connectivity index is 2.66. The number of hydrogen-bond acceptors (Lipinski definition) is 3. The van der Waals surface area contributed by atoms with Gasteiger partial charge in [-0.15, -0.1) is 10.2 Å². The van der Waals surface area contributed by atoms with Gasteiger partial charge in [0, 0.05) is 4.91 Å². The first kappa shape index (κ1) is 9.33. The molecule has 0 aliphatic carbocycles. The van der Waals surface area contributed by atoms with Crippen molar-refractivity contribution < 1.29 is 0 Å². The van der Waals surface area contributed by atoms with Crippen molar-refractivity contribution in [3.8, 4) is 11.8 Å². The molecule has 0 aliphatic heterocycles. The molecule has 1 rings (SSSR count). The fourth-order valence-corrected chi connectivity index (χ4v) is 0.681. The molecular formula is C7H4ClN5. The zero-order valence-electron chi connectivity index (χ0n) is 6.48.